The molecule has 0 aliphatic carbocycles. The van der Waals surface area contributed by atoms with E-state index in [9.17, 15) is 0 Å². The van der Waals surface area contributed by atoms with Crippen LogP contribution in [0.15, 0.2) is 23.2 Å². The first-order valence-electron chi connectivity index (χ1n) is 8.36. The van der Waals surface area contributed by atoms with Crippen LogP contribution in [0.1, 0.15) is 20.3 Å². The number of halogens is 1. The van der Waals surface area contributed by atoms with Crippen molar-refractivity contribution in [2.45, 2.75) is 20.3 Å². The Hall–Kier alpha value is -1.22. The fourth-order valence-electron chi connectivity index (χ4n) is 2.18. The topological polar surface area (TPSA) is 58.1 Å². The number of fused-ring (bicyclic) bond motifs is 1. The summed E-state index contributed by atoms with van der Waals surface area (Å²) in [6, 6.07) is 5.89. The number of nitrogens with zero attached hydrogens (tertiary/aromatic N) is 2. The van der Waals surface area contributed by atoms with Gasteiger partial charge in [-0.25, -0.2) is 0 Å². The van der Waals surface area contributed by atoms with Crippen molar-refractivity contribution in [2.24, 2.45) is 4.99 Å². The van der Waals surface area contributed by atoms with Gasteiger partial charge in [0.2, 0.25) is 0 Å². The fraction of sp³-hybridized carbons (Fsp3) is 0.588. The van der Waals surface area contributed by atoms with Crippen molar-refractivity contribution in [3.63, 3.8) is 0 Å². The average Bonchev–Trinajstić information content (AvgIpc) is 2.79. The maximum absolute atomic E-state index is 5.73. The average molecular weight is 448 g/mol. The summed E-state index contributed by atoms with van der Waals surface area (Å²) in [5.74, 6) is 2.38. The third-order valence-corrected chi connectivity index (χ3v) is 3.65. The van der Waals surface area contributed by atoms with Gasteiger partial charge in [-0.1, -0.05) is 6.92 Å². The standard InChI is InChI=1S/C17H28N4O2.HI/c1-4-18-17(19-9-10-21(3)5-2)20-14-7-8-15-16(13-14)23-12-6-11-22-15;/h7-8,13H,4-6,9-12H2,1-3H3,(H2,18,19,20);1H. The molecule has 0 unspecified atom stereocenters. The number of ether oxygens (including phenoxy) is 2. The molecular formula is C17H29IN4O2. The van der Waals surface area contributed by atoms with Crippen molar-refractivity contribution in [1.29, 1.82) is 0 Å². The third kappa shape index (κ3) is 6.72. The highest BCUT2D eigenvalue weighted by Crippen LogP contribution is 2.32. The molecule has 0 saturated carbocycles. The van der Waals surface area contributed by atoms with Crippen molar-refractivity contribution >= 4 is 35.6 Å². The van der Waals surface area contributed by atoms with Crippen molar-refractivity contribution in [3.05, 3.63) is 18.2 Å². The Labute approximate surface area is 162 Å². The second-order valence-electron chi connectivity index (χ2n) is 5.49. The Balaban J connectivity index is 0.00000288. The van der Waals surface area contributed by atoms with Gasteiger partial charge in [0, 0.05) is 31.3 Å². The van der Waals surface area contributed by atoms with Gasteiger partial charge in [-0.3, -0.25) is 4.99 Å². The lowest BCUT2D eigenvalue weighted by molar-refractivity contribution is 0.297. The third-order valence-electron chi connectivity index (χ3n) is 3.65. The van der Waals surface area contributed by atoms with E-state index < -0.39 is 0 Å². The molecule has 24 heavy (non-hydrogen) atoms. The maximum Gasteiger partial charge on any atom is 0.195 e. The Kier molecular flexibility index (Phi) is 9.85. The van der Waals surface area contributed by atoms with Gasteiger partial charge in [0.25, 0.3) is 0 Å². The van der Waals surface area contributed by atoms with E-state index in [2.05, 4.69) is 41.4 Å². The van der Waals surface area contributed by atoms with Gasteiger partial charge >= 0.3 is 0 Å². The number of guanidine groups is 1. The molecule has 0 saturated heterocycles. The van der Waals surface area contributed by atoms with Crippen LogP contribution in [-0.2, 0) is 0 Å². The predicted octanol–water partition coefficient (Wildman–Crippen LogP) is 2.80. The van der Waals surface area contributed by atoms with Gasteiger partial charge in [-0.05, 0) is 32.6 Å². The van der Waals surface area contributed by atoms with Gasteiger partial charge < -0.3 is 25.0 Å². The highest BCUT2D eigenvalue weighted by Gasteiger charge is 2.11. The van der Waals surface area contributed by atoms with Crippen molar-refractivity contribution in [2.75, 3.05) is 51.8 Å². The second kappa shape index (κ2) is 11.4. The minimum atomic E-state index is 0. The van der Waals surface area contributed by atoms with E-state index in [1.165, 1.54) is 0 Å². The molecule has 1 aromatic carbocycles. The number of likely N-dealkylation sites (N-methyl/N-ethyl adjacent to an activating group) is 1. The summed E-state index contributed by atoms with van der Waals surface area (Å²) < 4.78 is 11.4. The molecule has 1 heterocycles. The molecule has 0 spiro atoms. The molecule has 1 aliphatic heterocycles. The van der Waals surface area contributed by atoms with Crippen LogP contribution >= 0.6 is 24.0 Å². The Bertz CT molecular complexity index is 525. The summed E-state index contributed by atoms with van der Waals surface area (Å²) in [6.45, 7) is 9.14. The van der Waals surface area contributed by atoms with Gasteiger partial charge in [-0.2, -0.15) is 0 Å². The first-order valence-corrected chi connectivity index (χ1v) is 8.36. The molecule has 0 bridgehead atoms. The number of hydrogen-bond donors (Lipinski definition) is 2. The highest BCUT2D eigenvalue weighted by atomic mass is 127. The molecule has 7 heteroatoms. The molecule has 2 rings (SSSR count). The molecule has 1 aliphatic rings. The first-order chi connectivity index (χ1) is 11.2. The van der Waals surface area contributed by atoms with Crippen LogP contribution in [0.2, 0.25) is 0 Å². The molecule has 0 atom stereocenters. The lowest BCUT2D eigenvalue weighted by Gasteiger charge is -2.15. The summed E-state index contributed by atoms with van der Waals surface area (Å²) in [4.78, 5) is 6.84. The van der Waals surface area contributed by atoms with E-state index in [-0.39, 0.29) is 24.0 Å². The zero-order chi connectivity index (χ0) is 16.5. The SMILES string of the molecule is CCNC(=NCCN(C)CC)Nc1ccc2c(c1)OCCCO2.I. The quantitative estimate of drug-likeness (QED) is 0.398. The molecule has 0 fully saturated rings. The summed E-state index contributed by atoms with van der Waals surface area (Å²) in [5, 5.41) is 6.59. The van der Waals surface area contributed by atoms with Gasteiger partial charge in [0.1, 0.15) is 0 Å². The number of benzene rings is 1. The van der Waals surface area contributed by atoms with Crippen LogP contribution in [-0.4, -0.2) is 57.3 Å². The monoisotopic (exact) mass is 448 g/mol. The van der Waals surface area contributed by atoms with E-state index in [0.29, 0.717) is 13.2 Å². The maximum atomic E-state index is 5.73. The number of hydrogen-bond acceptors (Lipinski definition) is 4. The van der Waals surface area contributed by atoms with E-state index >= 15 is 0 Å². The number of nitrogens with one attached hydrogen (secondary N) is 2. The van der Waals surface area contributed by atoms with Crippen LogP contribution in [0.4, 0.5) is 5.69 Å². The Morgan fingerprint density at radius 2 is 1.96 bits per heavy atom. The first kappa shape index (κ1) is 20.8. The zero-order valence-corrected chi connectivity index (χ0v) is 17.1. The van der Waals surface area contributed by atoms with E-state index in [4.69, 9.17) is 9.47 Å². The Morgan fingerprint density at radius 1 is 1.21 bits per heavy atom. The minimum absolute atomic E-state index is 0. The number of aliphatic imine (C=N–C) groups is 1. The molecule has 136 valence electrons. The van der Waals surface area contributed by atoms with Crippen LogP contribution in [0.3, 0.4) is 0 Å². The van der Waals surface area contributed by atoms with Gasteiger partial charge in [0.05, 0.1) is 19.8 Å². The summed E-state index contributed by atoms with van der Waals surface area (Å²) in [5.41, 5.74) is 0.942. The summed E-state index contributed by atoms with van der Waals surface area (Å²) >= 11 is 0. The molecule has 2 N–H and O–H groups in total. The van der Waals surface area contributed by atoms with Crippen LogP contribution in [0.25, 0.3) is 0 Å². The van der Waals surface area contributed by atoms with Crippen LogP contribution < -0.4 is 20.1 Å². The lowest BCUT2D eigenvalue weighted by Crippen LogP contribution is -2.32. The molecule has 0 aromatic heterocycles. The number of anilines is 1. The number of rotatable bonds is 6. The predicted molar refractivity (Wildman–Crippen MR) is 110 cm³/mol. The van der Waals surface area contributed by atoms with E-state index in [0.717, 1.165) is 55.7 Å². The van der Waals surface area contributed by atoms with Gasteiger partial charge in [0.15, 0.2) is 17.5 Å². The summed E-state index contributed by atoms with van der Waals surface area (Å²) in [7, 11) is 2.10. The van der Waals surface area contributed by atoms with E-state index in [1.54, 1.807) is 0 Å². The molecule has 1 aromatic rings. The normalized spacial score (nSPS) is 13.9. The van der Waals surface area contributed by atoms with Crippen molar-refractivity contribution in [1.82, 2.24) is 10.2 Å². The smallest absolute Gasteiger partial charge is 0.195 e. The zero-order valence-electron chi connectivity index (χ0n) is 14.8. The largest absolute Gasteiger partial charge is 0.490 e. The van der Waals surface area contributed by atoms with E-state index in [1.807, 2.05) is 18.2 Å². The highest BCUT2D eigenvalue weighted by molar-refractivity contribution is 14.0. The summed E-state index contributed by atoms with van der Waals surface area (Å²) in [6.07, 6.45) is 0.909. The molecule has 6 nitrogen and oxygen atoms in total. The van der Waals surface area contributed by atoms with Crippen molar-refractivity contribution < 1.29 is 9.47 Å². The van der Waals surface area contributed by atoms with Crippen LogP contribution in [0, 0.1) is 0 Å². The fourth-order valence-corrected chi connectivity index (χ4v) is 2.18. The second-order valence-corrected chi connectivity index (χ2v) is 5.49. The molecule has 0 radical (unpaired) electrons. The molecular weight excluding hydrogens is 419 g/mol. The molecule has 0 amide bonds. The van der Waals surface area contributed by atoms with Crippen molar-refractivity contribution in [3.8, 4) is 11.5 Å². The van der Waals surface area contributed by atoms with Gasteiger partial charge in [-0.15, -0.1) is 24.0 Å². The minimum Gasteiger partial charge on any atom is -0.490 e. The lowest BCUT2D eigenvalue weighted by atomic mass is 10.3. The Morgan fingerprint density at radius 3 is 2.67 bits per heavy atom. The van der Waals surface area contributed by atoms with Crippen LogP contribution in [0.5, 0.6) is 11.5 Å².